The van der Waals surface area contributed by atoms with E-state index in [2.05, 4.69) is 21.6 Å². The van der Waals surface area contributed by atoms with Crippen LogP contribution in [-0.2, 0) is 17.8 Å². The average molecular weight is 475 g/mol. The molecule has 0 aliphatic rings. The van der Waals surface area contributed by atoms with E-state index in [0.717, 1.165) is 20.7 Å². The Bertz CT molecular complexity index is 1110. The summed E-state index contributed by atoms with van der Waals surface area (Å²) in [5.74, 6) is 1.19. The number of hydrogen-bond donors (Lipinski definition) is 0. The van der Waals surface area contributed by atoms with Crippen molar-refractivity contribution < 1.29 is 4.79 Å². The third-order valence-electron chi connectivity index (χ3n) is 4.40. The summed E-state index contributed by atoms with van der Waals surface area (Å²) < 4.78 is 2.77. The lowest BCUT2D eigenvalue weighted by atomic mass is 10.3. The zero-order chi connectivity index (χ0) is 20.9. The molecule has 4 rings (SSSR count). The Morgan fingerprint density at radius 2 is 1.93 bits per heavy atom. The number of carbonyl (C=O) groups excluding carboxylic acids is 1. The van der Waals surface area contributed by atoms with Crippen LogP contribution in [0.15, 0.2) is 65.1 Å². The Hall–Kier alpha value is -2.13. The Morgan fingerprint density at radius 1 is 1.10 bits per heavy atom. The molecule has 0 radical (unpaired) electrons. The summed E-state index contributed by atoms with van der Waals surface area (Å²) in [5, 5.41) is 11.6. The van der Waals surface area contributed by atoms with Gasteiger partial charge in [-0.05, 0) is 35.7 Å². The van der Waals surface area contributed by atoms with Gasteiger partial charge in [0.1, 0.15) is 5.82 Å². The molecule has 1 aromatic carbocycles. The summed E-state index contributed by atoms with van der Waals surface area (Å²) >= 11 is 10.6. The minimum Gasteiger partial charge on any atom is -0.340 e. The first-order chi connectivity index (χ1) is 14.6. The Labute approximate surface area is 192 Å². The van der Waals surface area contributed by atoms with Crippen LogP contribution in [0, 0.1) is 0 Å². The van der Waals surface area contributed by atoms with Gasteiger partial charge >= 0.3 is 0 Å². The molecule has 0 aliphatic heterocycles. The van der Waals surface area contributed by atoms with Crippen molar-refractivity contribution in [3.8, 4) is 5.69 Å². The fourth-order valence-corrected chi connectivity index (χ4v) is 5.66. The monoisotopic (exact) mass is 474 g/mol. The third-order valence-corrected chi connectivity index (χ3v) is 7.41. The van der Waals surface area contributed by atoms with Crippen molar-refractivity contribution in [1.29, 1.82) is 0 Å². The van der Waals surface area contributed by atoms with Crippen molar-refractivity contribution in [2.45, 2.75) is 18.1 Å². The van der Waals surface area contributed by atoms with E-state index < -0.39 is 0 Å². The first-order valence-corrected chi connectivity index (χ1v) is 12.3. The Balaban J connectivity index is 1.49. The van der Waals surface area contributed by atoms with E-state index in [0.29, 0.717) is 23.9 Å². The molecule has 0 spiro atoms. The van der Waals surface area contributed by atoms with E-state index >= 15 is 0 Å². The number of thioether (sulfide) groups is 1. The zero-order valence-corrected chi connectivity index (χ0v) is 19.4. The van der Waals surface area contributed by atoms with Gasteiger partial charge in [0.15, 0.2) is 5.16 Å². The lowest BCUT2D eigenvalue weighted by molar-refractivity contribution is -0.127. The highest BCUT2D eigenvalue weighted by Gasteiger charge is 2.18. The highest BCUT2D eigenvalue weighted by molar-refractivity contribution is 7.99. The zero-order valence-electron chi connectivity index (χ0n) is 16.2. The molecule has 0 saturated carbocycles. The fraction of sp³-hybridized carbons (Fsp3) is 0.190. The summed E-state index contributed by atoms with van der Waals surface area (Å²) in [7, 11) is 1.81. The fourth-order valence-electron chi connectivity index (χ4n) is 2.91. The molecule has 0 atom stereocenters. The molecule has 0 aliphatic carbocycles. The second-order valence-corrected chi connectivity index (χ2v) is 10.3. The van der Waals surface area contributed by atoms with Crippen LogP contribution in [0.1, 0.15) is 15.6 Å². The van der Waals surface area contributed by atoms with Crippen LogP contribution in [0.5, 0.6) is 0 Å². The molecule has 4 aromatic rings. The highest BCUT2D eigenvalue weighted by Crippen LogP contribution is 2.26. The minimum atomic E-state index is 0.0342. The van der Waals surface area contributed by atoms with Gasteiger partial charge < -0.3 is 4.90 Å². The lowest BCUT2D eigenvalue weighted by Crippen LogP contribution is -2.27. The first-order valence-electron chi connectivity index (χ1n) is 9.23. The average Bonchev–Trinajstić information content (AvgIpc) is 3.49. The maximum Gasteiger partial charge on any atom is 0.233 e. The number of nitrogens with zero attached hydrogens (tertiary/aromatic N) is 4. The number of rotatable bonds is 8. The summed E-state index contributed by atoms with van der Waals surface area (Å²) in [4.78, 5) is 16.7. The number of halogens is 1. The molecule has 3 aromatic heterocycles. The predicted molar refractivity (Wildman–Crippen MR) is 125 cm³/mol. The van der Waals surface area contributed by atoms with Crippen LogP contribution in [0.4, 0.5) is 0 Å². The van der Waals surface area contributed by atoms with Crippen molar-refractivity contribution in [2.75, 3.05) is 12.8 Å². The third kappa shape index (κ3) is 5.13. The molecular formula is C21H19ClN4OS3. The molecule has 9 heteroatoms. The highest BCUT2D eigenvalue weighted by atomic mass is 35.5. The van der Waals surface area contributed by atoms with Gasteiger partial charge in [-0.15, -0.1) is 32.9 Å². The van der Waals surface area contributed by atoms with E-state index in [1.807, 2.05) is 53.1 Å². The normalized spacial score (nSPS) is 11.0. The van der Waals surface area contributed by atoms with Crippen LogP contribution in [0.3, 0.4) is 0 Å². The minimum absolute atomic E-state index is 0.0342. The van der Waals surface area contributed by atoms with Gasteiger partial charge in [0.2, 0.25) is 5.91 Å². The predicted octanol–water partition coefficient (Wildman–Crippen LogP) is 5.39. The maximum absolute atomic E-state index is 12.7. The van der Waals surface area contributed by atoms with E-state index in [1.165, 1.54) is 28.0 Å². The molecular weight excluding hydrogens is 456 g/mol. The second kappa shape index (κ2) is 9.78. The van der Waals surface area contributed by atoms with E-state index in [4.69, 9.17) is 11.6 Å². The Morgan fingerprint density at radius 3 is 2.63 bits per heavy atom. The number of carbonyl (C=O) groups is 1. The molecule has 154 valence electrons. The molecule has 5 nitrogen and oxygen atoms in total. The molecule has 0 bridgehead atoms. The number of amides is 1. The van der Waals surface area contributed by atoms with Gasteiger partial charge in [0, 0.05) is 28.9 Å². The standard InChI is InChI=1S/C21H19ClN4OS3/c1-25(13-17-9-10-18(22)30-17)20(27)14-29-21-24-23-19(12-16-8-5-11-28-16)26(21)15-6-3-2-4-7-15/h2-11H,12-14H2,1H3. The quantitative estimate of drug-likeness (QED) is 0.321. The molecule has 1 amide bonds. The largest absolute Gasteiger partial charge is 0.340 e. The van der Waals surface area contributed by atoms with Crippen molar-refractivity contribution >= 4 is 51.9 Å². The maximum atomic E-state index is 12.7. The molecule has 0 saturated heterocycles. The number of aromatic nitrogens is 3. The van der Waals surface area contributed by atoms with Gasteiger partial charge in [-0.3, -0.25) is 9.36 Å². The molecule has 0 N–H and O–H groups in total. The topological polar surface area (TPSA) is 51.0 Å². The number of hydrogen-bond acceptors (Lipinski definition) is 6. The van der Waals surface area contributed by atoms with Gasteiger partial charge in [-0.25, -0.2) is 0 Å². The van der Waals surface area contributed by atoms with Crippen LogP contribution in [-0.4, -0.2) is 38.4 Å². The summed E-state index contributed by atoms with van der Waals surface area (Å²) in [6.07, 6.45) is 0.701. The number of thiophene rings is 2. The van der Waals surface area contributed by atoms with Crippen LogP contribution in [0.25, 0.3) is 5.69 Å². The molecule has 30 heavy (non-hydrogen) atoms. The van der Waals surface area contributed by atoms with Gasteiger partial charge in [0.25, 0.3) is 0 Å². The van der Waals surface area contributed by atoms with Gasteiger partial charge in [-0.2, -0.15) is 0 Å². The van der Waals surface area contributed by atoms with E-state index in [-0.39, 0.29) is 5.91 Å². The van der Waals surface area contributed by atoms with Crippen molar-refractivity contribution in [1.82, 2.24) is 19.7 Å². The van der Waals surface area contributed by atoms with Gasteiger partial charge in [0.05, 0.1) is 16.6 Å². The van der Waals surface area contributed by atoms with Crippen molar-refractivity contribution in [3.05, 3.63) is 79.9 Å². The Kier molecular flexibility index (Phi) is 6.89. The van der Waals surface area contributed by atoms with Crippen molar-refractivity contribution in [3.63, 3.8) is 0 Å². The molecule has 0 fully saturated rings. The van der Waals surface area contributed by atoms with Crippen LogP contribution < -0.4 is 0 Å². The smallest absolute Gasteiger partial charge is 0.233 e. The molecule has 3 heterocycles. The summed E-state index contributed by atoms with van der Waals surface area (Å²) in [6.45, 7) is 0.547. The summed E-state index contributed by atoms with van der Waals surface area (Å²) in [6, 6.07) is 18.0. The SMILES string of the molecule is CN(Cc1ccc(Cl)s1)C(=O)CSc1nnc(Cc2cccs2)n1-c1ccccc1. The lowest BCUT2D eigenvalue weighted by Gasteiger charge is -2.16. The number of benzene rings is 1. The first kappa shape index (κ1) is 21.1. The molecule has 0 unspecified atom stereocenters. The van der Waals surface area contributed by atoms with E-state index in [9.17, 15) is 4.79 Å². The van der Waals surface area contributed by atoms with E-state index in [1.54, 1.807) is 23.3 Å². The van der Waals surface area contributed by atoms with Crippen LogP contribution in [0.2, 0.25) is 4.34 Å². The second-order valence-electron chi connectivity index (χ2n) is 6.57. The number of para-hydroxylation sites is 1. The van der Waals surface area contributed by atoms with Crippen LogP contribution >= 0.6 is 46.0 Å². The van der Waals surface area contributed by atoms with Crippen molar-refractivity contribution in [2.24, 2.45) is 0 Å². The summed E-state index contributed by atoms with van der Waals surface area (Å²) in [5.41, 5.74) is 0.991. The van der Waals surface area contributed by atoms with Gasteiger partial charge in [-0.1, -0.05) is 47.6 Å².